The van der Waals surface area contributed by atoms with E-state index in [0.717, 1.165) is 10.9 Å². The lowest BCUT2D eigenvalue weighted by atomic mass is 9.69. The lowest BCUT2D eigenvalue weighted by Crippen LogP contribution is -2.22. The Kier molecular flexibility index (Phi) is 4.33. The molecular formula is C23H23Cl. The number of aryl methyl sites for hydroxylation is 1. The van der Waals surface area contributed by atoms with E-state index in [-0.39, 0.29) is 0 Å². The molecule has 0 saturated carbocycles. The van der Waals surface area contributed by atoms with Gasteiger partial charge in [-0.25, -0.2) is 0 Å². The van der Waals surface area contributed by atoms with Crippen molar-refractivity contribution >= 4 is 22.4 Å². The average molecular weight is 335 g/mol. The molecule has 0 bridgehead atoms. The Labute approximate surface area is 149 Å². The summed E-state index contributed by atoms with van der Waals surface area (Å²) in [5, 5.41) is 3.62. The van der Waals surface area contributed by atoms with Crippen LogP contribution >= 0.6 is 11.6 Å². The van der Waals surface area contributed by atoms with Gasteiger partial charge in [-0.1, -0.05) is 73.5 Å². The highest BCUT2D eigenvalue weighted by Crippen LogP contribution is 2.45. The molecule has 1 aliphatic rings. The van der Waals surface area contributed by atoms with E-state index in [1.807, 2.05) is 12.1 Å². The van der Waals surface area contributed by atoms with Gasteiger partial charge in [0.25, 0.3) is 0 Å². The molecule has 0 heterocycles. The molecule has 24 heavy (non-hydrogen) atoms. The molecule has 4 rings (SSSR count). The van der Waals surface area contributed by atoms with Crippen LogP contribution in [0.4, 0.5) is 0 Å². The second-order valence-electron chi connectivity index (χ2n) is 6.97. The van der Waals surface area contributed by atoms with Gasteiger partial charge in [-0.05, 0) is 64.8 Å². The smallest absolute Gasteiger partial charge is 0.0406 e. The fourth-order valence-corrected chi connectivity index (χ4v) is 4.60. The lowest BCUT2D eigenvalue weighted by Gasteiger charge is -2.35. The first-order valence-corrected chi connectivity index (χ1v) is 9.41. The quantitative estimate of drug-likeness (QED) is 0.484. The first kappa shape index (κ1) is 15.7. The van der Waals surface area contributed by atoms with Crippen LogP contribution in [0.25, 0.3) is 10.8 Å². The van der Waals surface area contributed by atoms with Crippen molar-refractivity contribution in [2.24, 2.45) is 5.92 Å². The van der Waals surface area contributed by atoms with E-state index in [1.54, 1.807) is 5.56 Å². The molecule has 0 fully saturated rings. The van der Waals surface area contributed by atoms with Crippen molar-refractivity contribution in [3.05, 3.63) is 82.4 Å². The van der Waals surface area contributed by atoms with Gasteiger partial charge in [0.15, 0.2) is 0 Å². The Balaban J connectivity index is 1.88. The van der Waals surface area contributed by atoms with Crippen LogP contribution in [0.3, 0.4) is 0 Å². The van der Waals surface area contributed by atoms with E-state index in [0.29, 0.717) is 5.92 Å². The van der Waals surface area contributed by atoms with E-state index >= 15 is 0 Å². The summed E-state index contributed by atoms with van der Waals surface area (Å²) in [4.78, 5) is 0. The molecule has 0 nitrogen and oxygen atoms in total. The first-order valence-electron chi connectivity index (χ1n) is 9.04. The molecule has 0 N–H and O–H groups in total. The molecule has 0 aromatic heterocycles. The molecule has 0 saturated heterocycles. The minimum absolute atomic E-state index is 0.496. The zero-order valence-electron chi connectivity index (χ0n) is 14.1. The second kappa shape index (κ2) is 6.61. The van der Waals surface area contributed by atoms with Gasteiger partial charge in [0.2, 0.25) is 0 Å². The van der Waals surface area contributed by atoms with Crippen molar-refractivity contribution in [3.8, 4) is 0 Å². The largest absolute Gasteiger partial charge is 0.0843 e. The van der Waals surface area contributed by atoms with Crippen LogP contribution < -0.4 is 0 Å². The van der Waals surface area contributed by atoms with Gasteiger partial charge in [0.05, 0.1) is 0 Å². The summed E-state index contributed by atoms with van der Waals surface area (Å²) in [7, 11) is 0. The van der Waals surface area contributed by atoms with Crippen LogP contribution in [0.2, 0.25) is 5.02 Å². The molecule has 0 radical (unpaired) electrons. The first-order chi connectivity index (χ1) is 11.8. The van der Waals surface area contributed by atoms with Crippen molar-refractivity contribution < 1.29 is 0 Å². The third kappa shape index (κ3) is 2.74. The summed E-state index contributed by atoms with van der Waals surface area (Å²) in [6.45, 7) is 2.30. The zero-order chi connectivity index (χ0) is 16.5. The number of halogens is 1. The van der Waals surface area contributed by atoms with E-state index in [1.165, 1.54) is 47.6 Å². The molecule has 1 aliphatic carbocycles. The number of hydrogen-bond acceptors (Lipinski definition) is 0. The normalized spacial score (nSPS) is 20.1. The highest BCUT2D eigenvalue weighted by Gasteiger charge is 2.31. The summed E-state index contributed by atoms with van der Waals surface area (Å²) in [6.07, 6.45) is 5.02. The number of fused-ring (bicyclic) bond motifs is 3. The van der Waals surface area contributed by atoms with Gasteiger partial charge in [-0.15, -0.1) is 0 Å². The predicted octanol–water partition coefficient (Wildman–Crippen LogP) is 6.99. The maximum atomic E-state index is 6.13. The van der Waals surface area contributed by atoms with Gasteiger partial charge in [-0.3, -0.25) is 0 Å². The molecule has 0 aliphatic heterocycles. The van der Waals surface area contributed by atoms with Crippen LogP contribution in [0, 0.1) is 5.92 Å². The monoisotopic (exact) mass is 334 g/mol. The van der Waals surface area contributed by atoms with Gasteiger partial charge >= 0.3 is 0 Å². The highest BCUT2D eigenvalue weighted by molar-refractivity contribution is 6.30. The van der Waals surface area contributed by atoms with E-state index < -0.39 is 0 Å². The molecular weight excluding hydrogens is 312 g/mol. The van der Waals surface area contributed by atoms with Crippen LogP contribution in [-0.2, 0) is 6.42 Å². The molecule has 2 atom stereocenters. The third-order valence-corrected chi connectivity index (χ3v) is 5.79. The maximum Gasteiger partial charge on any atom is 0.0406 e. The molecule has 3 aromatic carbocycles. The van der Waals surface area contributed by atoms with Gasteiger partial charge in [0, 0.05) is 10.9 Å². The minimum atomic E-state index is 0.496. The van der Waals surface area contributed by atoms with Crippen molar-refractivity contribution in [2.75, 3.05) is 0 Å². The fraction of sp³-hybridized carbons (Fsp3) is 0.304. The van der Waals surface area contributed by atoms with Gasteiger partial charge < -0.3 is 0 Å². The number of hydrogen-bond donors (Lipinski definition) is 0. The molecule has 0 spiro atoms. The molecule has 0 unspecified atom stereocenters. The number of benzene rings is 3. The standard InChI is InChI=1S/C23H23Cl/c1-2-5-17-11-14-21-20-7-4-3-6-16(20)10-15-22(21)23(17)18-8-12-19(24)13-9-18/h3-4,6-10,12-13,15,17,23H,2,5,11,14H2,1H3/t17-,23-/m1/s1. The Morgan fingerprint density at radius 3 is 2.54 bits per heavy atom. The van der Waals surface area contributed by atoms with Gasteiger partial charge in [-0.2, -0.15) is 0 Å². The average Bonchev–Trinajstić information content (AvgIpc) is 2.62. The lowest BCUT2D eigenvalue weighted by molar-refractivity contribution is 0.380. The van der Waals surface area contributed by atoms with Crippen LogP contribution in [-0.4, -0.2) is 0 Å². The maximum absolute atomic E-state index is 6.13. The summed E-state index contributed by atoms with van der Waals surface area (Å²) in [6, 6.07) is 22.0. The van der Waals surface area contributed by atoms with Gasteiger partial charge in [0.1, 0.15) is 0 Å². The van der Waals surface area contributed by atoms with Crippen LogP contribution in [0.5, 0.6) is 0 Å². The SMILES string of the molecule is CCC[C@@H]1CCc2c(ccc3ccccc23)[C@H]1c1ccc(Cl)cc1. The topological polar surface area (TPSA) is 0 Å². The van der Waals surface area contributed by atoms with Crippen molar-refractivity contribution in [2.45, 2.75) is 38.5 Å². The second-order valence-corrected chi connectivity index (χ2v) is 7.41. The summed E-state index contributed by atoms with van der Waals surface area (Å²) >= 11 is 6.13. The van der Waals surface area contributed by atoms with Crippen molar-refractivity contribution in [1.82, 2.24) is 0 Å². The zero-order valence-corrected chi connectivity index (χ0v) is 14.9. The summed E-state index contributed by atoms with van der Waals surface area (Å²) in [5.41, 5.74) is 4.50. The Morgan fingerprint density at radius 2 is 1.75 bits per heavy atom. The highest BCUT2D eigenvalue weighted by atomic mass is 35.5. The molecule has 3 aromatic rings. The summed E-state index contributed by atoms with van der Waals surface area (Å²) < 4.78 is 0. The van der Waals surface area contributed by atoms with Crippen molar-refractivity contribution in [1.29, 1.82) is 0 Å². The van der Waals surface area contributed by atoms with E-state index in [2.05, 4.69) is 55.5 Å². The molecule has 1 heteroatoms. The minimum Gasteiger partial charge on any atom is -0.0843 e. The number of rotatable bonds is 3. The van der Waals surface area contributed by atoms with E-state index in [9.17, 15) is 0 Å². The third-order valence-electron chi connectivity index (χ3n) is 5.54. The van der Waals surface area contributed by atoms with E-state index in [4.69, 9.17) is 11.6 Å². The summed E-state index contributed by atoms with van der Waals surface area (Å²) in [5.74, 6) is 1.22. The Bertz CT molecular complexity index is 848. The molecule has 0 amide bonds. The fourth-order valence-electron chi connectivity index (χ4n) is 4.48. The van der Waals surface area contributed by atoms with Crippen LogP contribution in [0.1, 0.15) is 48.8 Å². The Hall–Kier alpha value is -1.79. The molecule has 122 valence electrons. The van der Waals surface area contributed by atoms with Crippen molar-refractivity contribution in [3.63, 3.8) is 0 Å². The predicted molar refractivity (Wildman–Crippen MR) is 104 cm³/mol. The van der Waals surface area contributed by atoms with Crippen LogP contribution in [0.15, 0.2) is 60.7 Å². The Morgan fingerprint density at radius 1 is 0.958 bits per heavy atom.